The highest BCUT2D eigenvalue weighted by Gasteiger charge is 2.38. The first kappa shape index (κ1) is 31.0. The summed E-state index contributed by atoms with van der Waals surface area (Å²) in [6.07, 6.45) is -5.93. The zero-order valence-electron chi connectivity index (χ0n) is 24.3. The number of hydrogen-bond donors (Lipinski definition) is 1. The number of alkyl halides is 3. The molecule has 8 nitrogen and oxygen atoms in total. The minimum Gasteiger partial charge on any atom is -0.444 e. The Morgan fingerprint density at radius 3 is 2.37 bits per heavy atom. The maximum atomic E-state index is 15.2. The van der Waals surface area contributed by atoms with Gasteiger partial charge in [-0.2, -0.15) is 29.1 Å². The summed E-state index contributed by atoms with van der Waals surface area (Å²) in [5.41, 5.74) is -2.17. The van der Waals surface area contributed by atoms with Gasteiger partial charge in [0.15, 0.2) is 0 Å². The number of hydrogen-bond acceptors (Lipinski definition) is 6. The Morgan fingerprint density at radius 1 is 1.05 bits per heavy atom. The number of amides is 1. The number of benzene rings is 2. The summed E-state index contributed by atoms with van der Waals surface area (Å²) in [6, 6.07) is 4.49. The van der Waals surface area contributed by atoms with Crippen molar-refractivity contribution in [3.63, 3.8) is 0 Å². The van der Waals surface area contributed by atoms with Crippen LogP contribution in [0.15, 0.2) is 44.9 Å². The van der Waals surface area contributed by atoms with E-state index in [1.807, 2.05) is 0 Å². The van der Waals surface area contributed by atoms with Crippen molar-refractivity contribution < 1.29 is 36.2 Å². The molecule has 1 aromatic heterocycles. The average molecular weight is 629 g/mol. The Kier molecular flexibility index (Phi) is 8.14. The molecular weight excluding hydrogens is 595 g/mol. The van der Waals surface area contributed by atoms with Crippen molar-refractivity contribution in [1.82, 2.24) is 14.5 Å². The van der Waals surface area contributed by atoms with Crippen molar-refractivity contribution in [1.29, 1.82) is 0 Å². The van der Waals surface area contributed by atoms with E-state index in [-0.39, 0.29) is 58.4 Å². The van der Waals surface area contributed by atoms with Crippen LogP contribution in [0.5, 0.6) is 0 Å². The molecule has 5 rings (SSSR count). The van der Waals surface area contributed by atoms with Gasteiger partial charge in [-0.15, -0.1) is 0 Å². The van der Waals surface area contributed by atoms with Gasteiger partial charge in [0.05, 0.1) is 23.7 Å². The molecule has 1 saturated heterocycles. The molecule has 43 heavy (non-hydrogen) atoms. The van der Waals surface area contributed by atoms with E-state index in [4.69, 9.17) is 9.47 Å². The number of carbonyl (C=O) groups is 1. The maximum absolute atomic E-state index is 15.2. The number of methoxy groups -OCH3 is 1. The SMILES string of the molecule is CO[C@H]1Cn2c(=O)nc(N3CCN(C(=O)OC(C)(C)C)C[C@@H]3C)c3cc(C(F)(F)F)cc(c32)[SH](c2ccc(F)cc2F)C1. The van der Waals surface area contributed by atoms with Crippen molar-refractivity contribution in [2.75, 3.05) is 37.4 Å². The highest BCUT2D eigenvalue weighted by molar-refractivity contribution is 8.17. The van der Waals surface area contributed by atoms with Gasteiger partial charge in [-0.25, -0.2) is 18.4 Å². The molecule has 0 spiro atoms. The minimum absolute atomic E-state index is 0.0128. The number of rotatable bonds is 3. The molecule has 3 heterocycles. The quantitative estimate of drug-likeness (QED) is 0.301. The fourth-order valence-electron chi connectivity index (χ4n) is 5.54. The maximum Gasteiger partial charge on any atom is 0.416 e. The Hall–Kier alpha value is -3.39. The lowest BCUT2D eigenvalue weighted by Crippen LogP contribution is -2.55. The summed E-state index contributed by atoms with van der Waals surface area (Å²) in [5.74, 6) is -1.55. The van der Waals surface area contributed by atoms with Crippen LogP contribution in [0.2, 0.25) is 0 Å². The zero-order valence-corrected chi connectivity index (χ0v) is 25.2. The Labute approximate surface area is 247 Å². The van der Waals surface area contributed by atoms with Crippen molar-refractivity contribution in [3.05, 3.63) is 58.0 Å². The van der Waals surface area contributed by atoms with Crippen LogP contribution >= 0.6 is 10.9 Å². The predicted octanol–water partition coefficient (Wildman–Crippen LogP) is 5.59. The summed E-state index contributed by atoms with van der Waals surface area (Å²) in [6.45, 7) is 7.57. The molecule has 0 N–H and O–H groups in total. The molecule has 0 bridgehead atoms. The van der Waals surface area contributed by atoms with E-state index in [9.17, 15) is 27.2 Å². The number of aromatic nitrogens is 2. The van der Waals surface area contributed by atoms with E-state index in [2.05, 4.69) is 4.98 Å². The first-order chi connectivity index (χ1) is 20.1. The largest absolute Gasteiger partial charge is 0.444 e. The van der Waals surface area contributed by atoms with E-state index >= 15 is 4.39 Å². The van der Waals surface area contributed by atoms with Gasteiger partial charge >= 0.3 is 18.0 Å². The lowest BCUT2D eigenvalue weighted by Gasteiger charge is -2.41. The van der Waals surface area contributed by atoms with Gasteiger partial charge in [0.25, 0.3) is 0 Å². The van der Waals surface area contributed by atoms with Crippen molar-refractivity contribution >= 4 is 33.7 Å². The van der Waals surface area contributed by atoms with Crippen LogP contribution in [0, 0.1) is 11.6 Å². The highest BCUT2D eigenvalue weighted by Crippen LogP contribution is 2.52. The third-order valence-electron chi connectivity index (χ3n) is 7.51. The van der Waals surface area contributed by atoms with Crippen molar-refractivity contribution in [2.24, 2.45) is 0 Å². The molecule has 2 aliphatic rings. The fraction of sp³-hybridized carbons (Fsp3) is 0.483. The number of halogens is 5. The molecule has 0 radical (unpaired) electrons. The second kappa shape index (κ2) is 11.3. The minimum atomic E-state index is -4.76. The van der Waals surface area contributed by atoms with Crippen LogP contribution in [0.4, 0.5) is 32.6 Å². The first-order valence-corrected chi connectivity index (χ1v) is 15.3. The molecule has 3 atom stereocenters. The third-order valence-corrected chi connectivity index (χ3v) is 10.1. The van der Waals surface area contributed by atoms with Gasteiger partial charge in [-0.3, -0.25) is 4.57 Å². The lowest BCUT2D eigenvalue weighted by atomic mass is 10.1. The molecule has 1 amide bonds. The van der Waals surface area contributed by atoms with Crippen LogP contribution in [0.3, 0.4) is 0 Å². The smallest absolute Gasteiger partial charge is 0.416 e. The second-order valence-corrected chi connectivity index (χ2v) is 13.9. The molecule has 3 aromatic rings. The lowest BCUT2D eigenvalue weighted by molar-refractivity contribution is -0.137. The topological polar surface area (TPSA) is 76.9 Å². The van der Waals surface area contributed by atoms with E-state index in [1.54, 1.807) is 32.6 Å². The number of anilines is 1. The number of thiol groups is 1. The Morgan fingerprint density at radius 2 is 1.77 bits per heavy atom. The summed E-state index contributed by atoms with van der Waals surface area (Å²) < 4.78 is 84.4. The zero-order chi connectivity index (χ0) is 31.4. The number of piperazine rings is 1. The molecule has 14 heteroatoms. The van der Waals surface area contributed by atoms with Gasteiger partial charge < -0.3 is 19.3 Å². The van der Waals surface area contributed by atoms with E-state index in [1.165, 1.54) is 22.6 Å². The van der Waals surface area contributed by atoms with Gasteiger partial charge in [0.2, 0.25) is 0 Å². The van der Waals surface area contributed by atoms with Crippen molar-refractivity contribution in [3.8, 4) is 0 Å². The monoisotopic (exact) mass is 628 g/mol. The van der Waals surface area contributed by atoms with Gasteiger partial charge in [0, 0.05) is 59.8 Å². The molecule has 2 aromatic carbocycles. The summed E-state index contributed by atoms with van der Waals surface area (Å²) >= 11 is 0. The number of nitrogens with zero attached hydrogens (tertiary/aromatic N) is 4. The third kappa shape index (κ3) is 6.17. The Bertz CT molecular complexity index is 1620. The van der Waals surface area contributed by atoms with Crippen LogP contribution in [-0.2, 0) is 22.2 Å². The summed E-state index contributed by atoms with van der Waals surface area (Å²) in [5, 5.41) is 0.0776. The van der Waals surface area contributed by atoms with Gasteiger partial charge in [-0.1, -0.05) is 0 Å². The van der Waals surface area contributed by atoms with Crippen LogP contribution in [0.25, 0.3) is 10.9 Å². The number of carbonyl (C=O) groups excluding carboxylic acids is 1. The molecule has 1 fully saturated rings. The van der Waals surface area contributed by atoms with Gasteiger partial charge in [0.1, 0.15) is 23.1 Å². The van der Waals surface area contributed by atoms with Crippen LogP contribution < -0.4 is 10.6 Å². The Balaban J connectivity index is 1.70. The van der Waals surface area contributed by atoms with Crippen molar-refractivity contribution in [2.45, 2.75) is 68.0 Å². The average Bonchev–Trinajstić information content (AvgIpc) is 3.07. The first-order valence-electron chi connectivity index (χ1n) is 13.7. The van der Waals surface area contributed by atoms with Gasteiger partial charge in [-0.05, 0) is 52.0 Å². The highest BCUT2D eigenvalue weighted by atomic mass is 32.2. The fourth-order valence-corrected chi connectivity index (χ4v) is 8.24. The molecule has 0 saturated carbocycles. The second-order valence-electron chi connectivity index (χ2n) is 11.8. The van der Waals surface area contributed by atoms with E-state index in [0.29, 0.717) is 6.07 Å². The molecule has 0 aliphatic carbocycles. The van der Waals surface area contributed by atoms with Crippen LogP contribution in [0.1, 0.15) is 33.3 Å². The van der Waals surface area contributed by atoms with Crippen LogP contribution in [-0.4, -0.2) is 70.8 Å². The standard InChI is InChI=1S/C29H33F5N4O4S/c1-16-13-36(27(40)42-28(2,3)4)8-9-37(16)25-20-10-17(29(32,33)34)11-23-24(20)38(26(39)35-25)14-19(41-5)15-43(23)22-7-6-18(30)12-21(22)31/h6-7,10-12,16,19,43H,8-9,13-15H2,1-5H3/t16-,19-/m0/s1. The molecule has 1 unspecified atom stereocenters. The summed E-state index contributed by atoms with van der Waals surface area (Å²) in [4.78, 5) is 33.9. The summed E-state index contributed by atoms with van der Waals surface area (Å²) in [7, 11) is -0.456. The van der Waals surface area contributed by atoms with E-state index in [0.717, 1.165) is 18.2 Å². The molecule has 2 aliphatic heterocycles. The molecular formula is C29H33F5N4O4S. The van der Waals surface area contributed by atoms with E-state index < -0.39 is 63.8 Å². The number of ether oxygens (including phenoxy) is 2. The normalized spacial score (nSPS) is 22.0. The molecule has 234 valence electrons. The predicted molar refractivity (Wildman–Crippen MR) is 153 cm³/mol.